The van der Waals surface area contributed by atoms with Crippen LogP contribution in [-0.4, -0.2) is 26.7 Å². The van der Waals surface area contributed by atoms with Crippen molar-refractivity contribution in [2.24, 2.45) is 0 Å². The molecule has 0 aliphatic carbocycles. The fourth-order valence-electron chi connectivity index (χ4n) is 3.37. The molecule has 1 aliphatic rings. The van der Waals surface area contributed by atoms with Gasteiger partial charge in [-0.05, 0) is 30.7 Å². The topological polar surface area (TPSA) is 136 Å². The van der Waals surface area contributed by atoms with E-state index in [1.807, 2.05) is 0 Å². The van der Waals surface area contributed by atoms with E-state index in [1.165, 1.54) is 12.1 Å². The minimum Gasteiger partial charge on any atom is -0.288 e. The van der Waals surface area contributed by atoms with Crippen LogP contribution < -0.4 is 5.43 Å². The van der Waals surface area contributed by atoms with E-state index >= 15 is 0 Å². The zero-order valence-electron chi connectivity index (χ0n) is 14.9. The molecule has 0 fully saturated rings. The number of non-ortho nitro benzene ring substituents is 2. The number of rotatable bonds is 4. The number of amides is 2. The second-order valence-electron chi connectivity index (χ2n) is 6.40. The maximum absolute atomic E-state index is 13.0. The van der Waals surface area contributed by atoms with Crippen molar-refractivity contribution in [2.45, 2.75) is 6.92 Å². The zero-order valence-corrected chi connectivity index (χ0v) is 14.9. The molecule has 0 unspecified atom stereocenters. The van der Waals surface area contributed by atoms with Crippen LogP contribution in [0, 0.1) is 27.2 Å². The van der Waals surface area contributed by atoms with E-state index in [1.54, 1.807) is 31.2 Å². The van der Waals surface area contributed by atoms with Gasteiger partial charge in [0.2, 0.25) is 0 Å². The lowest BCUT2D eigenvalue weighted by Crippen LogP contribution is -2.44. The summed E-state index contributed by atoms with van der Waals surface area (Å²) in [5.74, 6) is -1.52. The van der Waals surface area contributed by atoms with Gasteiger partial charge in [-0.1, -0.05) is 18.2 Å². The normalized spacial score (nSPS) is 12.9. The van der Waals surface area contributed by atoms with Gasteiger partial charge in [0, 0.05) is 17.5 Å². The molecule has 29 heavy (non-hydrogen) atoms. The van der Waals surface area contributed by atoms with Gasteiger partial charge in [-0.2, -0.15) is 5.01 Å². The summed E-state index contributed by atoms with van der Waals surface area (Å²) in [7, 11) is 0. The molecule has 4 rings (SSSR count). The predicted molar refractivity (Wildman–Crippen MR) is 103 cm³/mol. The third-order valence-corrected chi connectivity index (χ3v) is 4.75. The summed E-state index contributed by atoms with van der Waals surface area (Å²) in [6, 6.07) is 11.5. The lowest BCUT2D eigenvalue weighted by atomic mass is 9.92. The van der Waals surface area contributed by atoms with Gasteiger partial charge in [-0.15, -0.1) is 0 Å². The highest BCUT2D eigenvalue weighted by Gasteiger charge is 2.38. The predicted octanol–water partition coefficient (Wildman–Crippen LogP) is 3.59. The molecule has 1 N–H and O–H groups in total. The first-order chi connectivity index (χ1) is 13.8. The van der Waals surface area contributed by atoms with Crippen LogP contribution in [-0.2, 0) is 0 Å². The summed E-state index contributed by atoms with van der Waals surface area (Å²) in [5.41, 5.74) is 2.93. The molecule has 0 radical (unpaired) electrons. The van der Waals surface area contributed by atoms with Crippen molar-refractivity contribution in [3.05, 3.63) is 85.4 Å². The quantitative estimate of drug-likeness (QED) is 0.407. The Morgan fingerprint density at radius 3 is 1.79 bits per heavy atom. The van der Waals surface area contributed by atoms with E-state index in [0.717, 1.165) is 22.7 Å². The van der Waals surface area contributed by atoms with Gasteiger partial charge in [0.25, 0.3) is 23.2 Å². The number of nitro benzene ring substituents is 2. The Balaban J connectivity index is 1.96. The number of anilines is 1. The number of nitrogens with one attached hydrogen (secondary N) is 1. The summed E-state index contributed by atoms with van der Waals surface area (Å²) >= 11 is 0. The van der Waals surface area contributed by atoms with E-state index in [4.69, 9.17) is 0 Å². The van der Waals surface area contributed by atoms with Crippen molar-refractivity contribution in [3.63, 3.8) is 0 Å². The van der Waals surface area contributed by atoms with Crippen molar-refractivity contribution in [1.82, 2.24) is 5.01 Å². The molecule has 0 saturated carbocycles. The standard InChI is InChI=1S/C19H12N4O6/c1-10-4-2-3-5-13(10)20-21-18(24)11-6-8-14(22(26)27)17-15(23(28)29)9-7-12(16(11)17)19(21)25/h2-9,20H,1H3. The first-order valence-corrected chi connectivity index (χ1v) is 8.41. The zero-order chi connectivity index (χ0) is 20.9. The molecule has 3 aromatic carbocycles. The molecule has 1 aliphatic heterocycles. The summed E-state index contributed by atoms with van der Waals surface area (Å²) in [5, 5.41) is 23.2. The number of carbonyl (C=O) groups excluding carboxylic acids is 2. The van der Waals surface area contributed by atoms with Crippen LogP contribution in [0.5, 0.6) is 0 Å². The molecule has 0 aromatic heterocycles. The maximum atomic E-state index is 13.0. The number of nitrogens with zero attached hydrogens (tertiary/aromatic N) is 3. The lowest BCUT2D eigenvalue weighted by Gasteiger charge is -2.28. The van der Waals surface area contributed by atoms with Gasteiger partial charge in [0.05, 0.1) is 26.7 Å². The minimum atomic E-state index is -0.775. The van der Waals surface area contributed by atoms with E-state index in [0.29, 0.717) is 5.69 Å². The Hall–Kier alpha value is -4.34. The van der Waals surface area contributed by atoms with Crippen molar-refractivity contribution < 1.29 is 19.4 Å². The number of hydrogen-bond donors (Lipinski definition) is 1. The van der Waals surface area contributed by atoms with Crippen molar-refractivity contribution in [3.8, 4) is 0 Å². The second-order valence-corrected chi connectivity index (χ2v) is 6.40. The molecule has 0 spiro atoms. The second kappa shape index (κ2) is 6.37. The molecular weight excluding hydrogens is 380 g/mol. The third-order valence-electron chi connectivity index (χ3n) is 4.75. The number of benzene rings is 3. The highest BCUT2D eigenvalue weighted by molar-refractivity contribution is 6.28. The van der Waals surface area contributed by atoms with E-state index in [9.17, 15) is 29.8 Å². The first-order valence-electron chi connectivity index (χ1n) is 8.41. The van der Waals surface area contributed by atoms with Crippen LogP contribution in [0.3, 0.4) is 0 Å². The van der Waals surface area contributed by atoms with Crippen LogP contribution in [0.4, 0.5) is 17.1 Å². The van der Waals surface area contributed by atoms with Crippen molar-refractivity contribution >= 4 is 39.6 Å². The van der Waals surface area contributed by atoms with E-state index < -0.39 is 33.0 Å². The van der Waals surface area contributed by atoms with Crippen LogP contribution in [0.25, 0.3) is 10.8 Å². The number of nitro groups is 2. The first kappa shape index (κ1) is 18.0. The number of hydrazine groups is 1. The van der Waals surface area contributed by atoms with Gasteiger partial charge in [-0.25, -0.2) is 0 Å². The largest absolute Gasteiger partial charge is 0.288 e. The lowest BCUT2D eigenvalue weighted by molar-refractivity contribution is -0.390. The Kier molecular flexibility index (Phi) is 3.97. The average Bonchev–Trinajstić information content (AvgIpc) is 2.69. The molecule has 0 atom stereocenters. The number of aryl methyl sites for hydroxylation is 1. The van der Waals surface area contributed by atoms with Crippen molar-refractivity contribution in [2.75, 3.05) is 5.43 Å². The molecule has 10 nitrogen and oxygen atoms in total. The van der Waals surface area contributed by atoms with Gasteiger partial charge in [0.1, 0.15) is 5.39 Å². The molecule has 144 valence electrons. The summed E-state index contributed by atoms with van der Waals surface area (Å²) in [6.07, 6.45) is 0. The van der Waals surface area contributed by atoms with Crippen LogP contribution in [0.2, 0.25) is 0 Å². The minimum absolute atomic E-state index is 0.0371. The van der Waals surface area contributed by atoms with Crippen LogP contribution in [0.15, 0.2) is 48.5 Å². The molecule has 0 bridgehead atoms. The number of imide groups is 1. The van der Waals surface area contributed by atoms with E-state index in [-0.39, 0.29) is 21.9 Å². The van der Waals surface area contributed by atoms with Gasteiger partial charge < -0.3 is 0 Å². The Bertz CT molecular complexity index is 1180. The molecular formula is C19H12N4O6. The fraction of sp³-hybridized carbons (Fsp3) is 0.0526. The summed E-state index contributed by atoms with van der Waals surface area (Å²) < 4.78 is 0. The summed E-state index contributed by atoms with van der Waals surface area (Å²) in [4.78, 5) is 47.3. The highest BCUT2D eigenvalue weighted by atomic mass is 16.6. The Labute approximate surface area is 162 Å². The smallest absolute Gasteiger partial charge is 0.284 e. The number of carbonyl (C=O) groups is 2. The SMILES string of the molecule is Cc1ccccc1NN1C(=O)c2ccc([N+](=O)[O-])c3c([N+](=O)[O-])ccc(c23)C1=O. The van der Waals surface area contributed by atoms with Crippen molar-refractivity contribution in [1.29, 1.82) is 0 Å². The molecule has 0 saturated heterocycles. The average molecular weight is 392 g/mol. The van der Waals surface area contributed by atoms with Crippen LogP contribution in [0.1, 0.15) is 26.3 Å². The third kappa shape index (κ3) is 2.65. The van der Waals surface area contributed by atoms with Crippen LogP contribution >= 0.6 is 0 Å². The Morgan fingerprint density at radius 1 is 0.793 bits per heavy atom. The number of para-hydroxylation sites is 1. The van der Waals surface area contributed by atoms with Gasteiger partial charge in [-0.3, -0.25) is 35.2 Å². The van der Waals surface area contributed by atoms with Gasteiger partial charge >= 0.3 is 0 Å². The molecule has 1 heterocycles. The highest BCUT2D eigenvalue weighted by Crippen LogP contribution is 2.40. The van der Waals surface area contributed by atoms with Gasteiger partial charge in [0.15, 0.2) is 0 Å². The number of hydrogen-bond acceptors (Lipinski definition) is 7. The van der Waals surface area contributed by atoms with E-state index in [2.05, 4.69) is 5.43 Å². The Morgan fingerprint density at radius 2 is 1.31 bits per heavy atom. The molecule has 10 heteroatoms. The monoisotopic (exact) mass is 392 g/mol. The summed E-state index contributed by atoms with van der Waals surface area (Å²) in [6.45, 7) is 1.79. The fourth-order valence-corrected chi connectivity index (χ4v) is 3.37. The molecule has 3 aromatic rings. The maximum Gasteiger partial charge on any atom is 0.284 e. The molecule has 2 amide bonds.